The Bertz CT molecular complexity index is 580. The molecule has 0 fully saturated rings. The first-order valence-corrected chi connectivity index (χ1v) is 5.63. The van der Waals surface area contributed by atoms with Crippen molar-refractivity contribution in [3.63, 3.8) is 0 Å². The van der Waals surface area contributed by atoms with Gasteiger partial charge in [0.2, 0.25) is 0 Å². The Morgan fingerprint density at radius 1 is 1.35 bits per heavy atom. The van der Waals surface area contributed by atoms with E-state index in [1.807, 2.05) is 25.1 Å². The van der Waals surface area contributed by atoms with Gasteiger partial charge in [-0.15, -0.1) is 0 Å². The molecule has 0 aromatic carbocycles. The maximum Gasteiger partial charge on any atom is 0.157 e. The largest absolute Gasteiger partial charge is 0.378 e. The lowest BCUT2D eigenvalue weighted by Crippen LogP contribution is -1.99. The van der Waals surface area contributed by atoms with E-state index in [1.54, 1.807) is 13.2 Å². The highest BCUT2D eigenvalue weighted by Gasteiger charge is 2.03. The van der Waals surface area contributed by atoms with Crippen molar-refractivity contribution >= 4 is 12.2 Å². The molecule has 5 heteroatoms. The third-order valence-corrected chi connectivity index (χ3v) is 2.44. The van der Waals surface area contributed by atoms with Gasteiger partial charge in [-0.05, 0) is 25.1 Å². The Labute approximate surface area is 105 Å². The van der Waals surface area contributed by atoms with Crippen molar-refractivity contribution in [1.82, 2.24) is 15.0 Å². The zero-order valence-electron chi connectivity index (χ0n) is 9.73. The van der Waals surface area contributed by atoms with E-state index in [-0.39, 0.29) is 0 Å². The number of hydrogen-bond donors (Lipinski definition) is 1. The molecule has 2 aromatic heterocycles. The van der Waals surface area contributed by atoms with Gasteiger partial charge in [-0.2, -0.15) is 0 Å². The number of H-pyrrole nitrogens is 1. The molecule has 17 heavy (non-hydrogen) atoms. The van der Waals surface area contributed by atoms with E-state index in [4.69, 9.17) is 17.0 Å². The van der Waals surface area contributed by atoms with E-state index >= 15 is 0 Å². The number of rotatable bonds is 3. The Balaban J connectivity index is 2.48. The van der Waals surface area contributed by atoms with Gasteiger partial charge in [-0.3, -0.25) is 0 Å². The van der Waals surface area contributed by atoms with Gasteiger partial charge in [-0.1, -0.05) is 18.3 Å². The molecule has 2 rings (SSSR count). The Morgan fingerprint density at radius 2 is 2.18 bits per heavy atom. The number of aryl methyl sites for hydroxylation is 1. The number of nitrogens with zero attached hydrogens (tertiary/aromatic N) is 2. The van der Waals surface area contributed by atoms with Crippen LogP contribution >= 0.6 is 12.2 Å². The molecule has 0 saturated carbocycles. The van der Waals surface area contributed by atoms with Gasteiger partial charge in [0.1, 0.15) is 10.3 Å². The summed E-state index contributed by atoms with van der Waals surface area (Å²) in [5, 5.41) is 0. The van der Waals surface area contributed by atoms with Gasteiger partial charge in [0.15, 0.2) is 5.82 Å². The summed E-state index contributed by atoms with van der Waals surface area (Å²) in [5.74, 6) is 0.674. The summed E-state index contributed by atoms with van der Waals surface area (Å²) in [7, 11) is 1.64. The first kappa shape index (κ1) is 11.9. The lowest BCUT2D eigenvalue weighted by atomic mass is 10.3. The second-order valence-electron chi connectivity index (χ2n) is 3.69. The van der Waals surface area contributed by atoms with E-state index < -0.39 is 0 Å². The van der Waals surface area contributed by atoms with E-state index in [9.17, 15) is 0 Å². The highest BCUT2D eigenvalue weighted by molar-refractivity contribution is 7.71. The molecule has 0 aliphatic rings. The third kappa shape index (κ3) is 2.95. The predicted octanol–water partition coefficient (Wildman–Crippen LogP) is 2.66. The van der Waals surface area contributed by atoms with Crippen LogP contribution in [-0.2, 0) is 11.3 Å². The third-order valence-electron chi connectivity index (χ3n) is 2.23. The zero-order valence-corrected chi connectivity index (χ0v) is 10.5. The molecular formula is C12H13N3OS. The van der Waals surface area contributed by atoms with E-state index in [0.29, 0.717) is 17.1 Å². The molecule has 0 atom stereocenters. The van der Waals surface area contributed by atoms with Crippen LogP contribution in [0.4, 0.5) is 0 Å². The summed E-state index contributed by atoms with van der Waals surface area (Å²) in [6.07, 6.45) is 0. The molecule has 0 aliphatic heterocycles. The van der Waals surface area contributed by atoms with Gasteiger partial charge in [0.05, 0.1) is 6.61 Å². The summed E-state index contributed by atoms with van der Waals surface area (Å²) >= 11 is 5.12. The van der Waals surface area contributed by atoms with Crippen molar-refractivity contribution in [2.24, 2.45) is 0 Å². The van der Waals surface area contributed by atoms with E-state index in [0.717, 1.165) is 17.1 Å². The molecule has 88 valence electrons. The number of pyridine rings is 1. The molecule has 0 unspecified atom stereocenters. The van der Waals surface area contributed by atoms with Crippen LogP contribution in [0.1, 0.15) is 11.4 Å². The van der Waals surface area contributed by atoms with Crippen LogP contribution in [-0.4, -0.2) is 22.1 Å². The quantitative estimate of drug-likeness (QED) is 0.847. The maximum atomic E-state index is 5.12. The van der Waals surface area contributed by atoms with Crippen LogP contribution < -0.4 is 0 Å². The fourth-order valence-electron chi connectivity index (χ4n) is 1.54. The molecule has 2 heterocycles. The second kappa shape index (κ2) is 5.16. The zero-order chi connectivity index (χ0) is 12.3. The molecule has 0 radical (unpaired) electrons. The summed E-state index contributed by atoms with van der Waals surface area (Å²) < 4.78 is 5.61. The maximum absolute atomic E-state index is 5.12. The normalized spacial score (nSPS) is 10.5. The standard InChI is InChI=1S/C12H13N3OS/c1-8-4-3-5-10(13-8)12-14-9(7-16-2)6-11(17)15-12/h3-6H,7H2,1-2H3,(H,14,15,17). The minimum Gasteiger partial charge on any atom is -0.378 e. The van der Waals surface area contributed by atoms with Gasteiger partial charge in [0, 0.05) is 18.5 Å². The summed E-state index contributed by atoms with van der Waals surface area (Å²) in [4.78, 5) is 11.8. The van der Waals surface area contributed by atoms with Crippen molar-refractivity contribution < 1.29 is 4.74 Å². The topological polar surface area (TPSA) is 50.8 Å². The first-order valence-electron chi connectivity index (χ1n) is 5.22. The molecule has 2 aromatic rings. The van der Waals surface area contributed by atoms with Crippen molar-refractivity contribution in [3.8, 4) is 11.5 Å². The van der Waals surface area contributed by atoms with E-state index in [2.05, 4.69) is 15.0 Å². The number of aromatic amines is 1. The molecule has 0 saturated heterocycles. The number of methoxy groups -OCH3 is 1. The number of hydrogen-bond acceptors (Lipinski definition) is 4. The number of aromatic nitrogens is 3. The highest BCUT2D eigenvalue weighted by atomic mass is 32.1. The van der Waals surface area contributed by atoms with Crippen molar-refractivity contribution in [2.45, 2.75) is 13.5 Å². The minimum atomic E-state index is 0.477. The Morgan fingerprint density at radius 3 is 2.88 bits per heavy atom. The molecule has 1 N–H and O–H groups in total. The first-order chi connectivity index (χ1) is 8.19. The average molecular weight is 247 g/mol. The van der Waals surface area contributed by atoms with E-state index in [1.165, 1.54) is 0 Å². The molecule has 0 aliphatic carbocycles. The van der Waals surface area contributed by atoms with Crippen LogP contribution in [0.25, 0.3) is 11.5 Å². The summed E-state index contributed by atoms with van der Waals surface area (Å²) in [5.41, 5.74) is 2.63. The molecule has 0 spiro atoms. The Hall–Kier alpha value is -1.59. The smallest absolute Gasteiger partial charge is 0.157 e. The van der Waals surface area contributed by atoms with Crippen LogP contribution in [0.5, 0.6) is 0 Å². The fraction of sp³-hybridized carbons (Fsp3) is 0.250. The lowest BCUT2D eigenvalue weighted by Gasteiger charge is -2.05. The van der Waals surface area contributed by atoms with Crippen molar-refractivity contribution in [1.29, 1.82) is 0 Å². The van der Waals surface area contributed by atoms with Crippen molar-refractivity contribution in [3.05, 3.63) is 40.3 Å². The number of nitrogens with one attached hydrogen (secondary N) is 1. The fourth-order valence-corrected chi connectivity index (χ4v) is 1.77. The second-order valence-corrected chi connectivity index (χ2v) is 4.11. The average Bonchev–Trinajstić information content (AvgIpc) is 2.28. The highest BCUT2D eigenvalue weighted by Crippen LogP contribution is 2.13. The van der Waals surface area contributed by atoms with Gasteiger partial charge in [-0.25, -0.2) is 9.97 Å². The molecular weight excluding hydrogens is 234 g/mol. The monoisotopic (exact) mass is 247 g/mol. The van der Waals surface area contributed by atoms with Crippen LogP contribution in [0.3, 0.4) is 0 Å². The van der Waals surface area contributed by atoms with Crippen LogP contribution in [0.15, 0.2) is 24.3 Å². The molecule has 4 nitrogen and oxygen atoms in total. The van der Waals surface area contributed by atoms with Crippen LogP contribution in [0.2, 0.25) is 0 Å². The van der Waals surface area contributed by atoms with Gasteiger partial charge in [0.25, 0.3) is 0 Å². The van der Waals surface area contributed by atoms with Crippen LogP contribution in [0, 0.1) is 11.6 Å². The number of ether oxygens (including phenoxy) is 1. The molecule has 0 bridgehead atoms. The minimum absolute atomic E-state index is 0.477. The van der Waals surface area contributed by atoms with Gasteiger partial charge >= 0.3 is 0 Å². The summed E-state index contributed by atoms with van der Waals surface area (Å²) in [6, 6.07) is 7.58. The van der Waals surface area contributed by atoms with Crippen molar-refractivity contribution in [2.75, 3.05) is 7.11 Å². The lowest BCUT2D eigenvalue weighted by molar-refractivity contribution is 0.181. The molecule has 0 amide bonds. The van der Waals surface area contributed by atoms with Gasteiger partial charge < -0.3 is 9.72 Å². The summed E-state index contributed by atoms with van der Waals surface area (Å²) in [6.45, 7) is 2.42. The SMILES string of the molecule is COCc1cc(=S)nc(-c2cccc(C)n2)[nH]1. The predicted molar refractivity (Wildman–Crippen MR) is 68.1 cm³/mol. The Kier molecular flexibility index (Phi) is 3.61.